The Balaban J connectivity index is 2.85. The Labute approximate surface area is 75.4 Å². The van der Waals surface area contributed by atoms with Crippen LogP contribution in [0.1, 0.15) is 10.5 Å². The molecule has 5 nitrogen and oxygen atoms in total. The van der Waals surface area contributed by atoms with E-state index in [0.717, 1.165) is 0 Å². The maximum absolute atomic E-state index is 11.0. The number of pyridine rings is 1. The minimum atomic E-state index is -0.499. The Morgan fingerprint density at radius 1 is 1.77 bits per heavy atom. The van der Waals surface area contributed by atoms with Crippen molar-refractivity contribution in [1.82, 2.24) is 4.98 Å². The van der Waals surface area contributed by atoms with Crippen LogP contribution in [0.15, 0.2) is 18.3 Å². The molecule has 0 amide bonds. The standard InChI is InChI=1S/C8H10N2O3/c1-13-8(12)7-4-6(10-5-11)2-3-9-7/h2-4,11H,5H2,1H3,(H,9,10). The quantitative estimate of drug-likeness (QED) is 0.517. The molecule has 0 saturated carbocycles. The number of nitrogens with zero attached hydrogens (tertiary/aromatic N) is 1. The van der Waals surface area contributed by atoms with Crippen LogP contribution in [0, 0.1) is 0 Å². The van der Waals surface area contributed by atoms with E-state index in [2.05, 4.69) is 15.0 Å². The Morgan fingerprint density at radius 2 is 2.54 bits per heavy atom. The first-order chi connectivity index (χ1) is 6.27. The number of carbonyl (C=O) groups is 1. The number of esters is 1. The van der Waals surface area contributed by atoms with Gasteiger partial charge in [-0.3, -0.25) is 0 Å². The summed E-state index contributed by atoms with van der Waals surface area (Å²) in [6, 6.07) is 3.14. The SMILES string of the molecule is COC(=O)c1cc(NCO)ccn1. The van der Waals surface area contributed by atoms with Crippen molar-refractivity contribution in [3.8, 4) is 0 Å². The molecule has 0 radical (unpaired) electrons. The number of aromatic nitrogens is 1. The van der Waals surface area contributed by atoms with Gasteiger partial charge in [0.25, 0.3) is 0 Å². The van der Waals surface area contributed by atoms with E-state index in [0.29, 0.717) is 5.69 Å². The number of rotatable bonds is 3. The Hall–Kier alpha value is -1.62. The number of carbonyl (C=O) groups excluding carboxylic acids is 1. The van der Waals surface area contributed by atoms with E-state index in [-0.39, 0.29) is 12.4 Å². The zero-order chi connectivity index (χ0) is 9.68. The Kier molecular flexibility index (Phi) is 3.22. The van der Waals surface area contributed by atoms with E-state index in [4.69, 9.17) is 5.11 Å². The molecule has 0 bridgehead atoms. The van der Waals surface area contributed by atoms with Gasteiger partial charge in [0.2, 0.25) is 0 Å². The summed E-state index contributed by atoms with van der Waals surface area (Å²) in [5, 5.41) is 11.2. The topological polar surface area (TPSA) is 71.5 Å². The van der Waals surface area contributed by atoms with E-state index >= 15 is 0 Å². The summed E-state index contributed by atoms with van der Waals surface area (Å²) in [4.78, 5) is 14.8. The van der Waals surface area contributed by atoms with Crippen molar-refractivity contribution >= 4 is 11.7 Å². The largest absolute Gasteiger partial charge is 0.464 e. The molecule has 13 heavy (non-hydrogen) atoms. The van der Waals surface area contributed by atoms with Crippen LogP contribution >= 0.6 is 0 Å². The second kappa shape index (κ2) is 4.42. The molecule has 0 fully saturated rings. The molecule has 70 valence electrons. The van der Waals surface area contributed by atoms with Crippen molar-refractivity contribution in [2.24, 2.45) is 0 Å². The monoisotopic (exact) mass is 182 g/mol. The molecule has 1 aromatic rings. The van der Waals surface area contributed by atoms with Crippen LogP contribution < -0.4 is 5.32 Å². The molecule has 5 heteroatoms. The van der Waals surface area contributed by atoms with Gasteiger partial charge >= 0.3 is 5.97 Å². The van der Waals surface area contributed by atoms with Crippen molar-refractivity contribution in [2.75, 3.05) is 19.2 Å². The van der Waals surface area contributed by atoms with Crippen LogP contribution in [0.25, 0.3) is 0 Å². The average molecular weight is 182 g/mol. The van der Waals surface area contributed by atoms with Crippen molar-refractivity contribution in [3.05, 3.63) is 24.0 Å². The first-order valence-corrected chi connectivity index (χ1v) is 3.67. The van der Waals surface area contributed by atoms with Crippen LogP contribution in [0.4, 0.5) is 5.69 Å². The number of hydrogen-bond donors (Lipinski definition) is 2. The van der Waals surface area contributed by atoms with Crippen LogP contribution in [0.5, 0.6) is 0 Å². The summed E-state index contributed by atoms with van der Waals surface area (Å²) in [6.07, 6.45) is 1.46. The second-order valence-electron chi connectivity index (χ2n) is 2.26. The molecule has 2 N–H and O–H groups in total. The highest BCUT2D eigenvalue weighted by Crippen LogP contribution is 2.07. The Morgan fingerprint density at radius 3 is 3.15 bits per heavy atom. The number of nitrogens with one attached hydrogen (secondary N) is 1. The maximum Gasteiger partial charge on any atom is 0.356 e. The average Bonchev–Trinajstić information content (AvgIpc) is 2.18. The van der Waals surface area contributed by atoms with E-state index < -0.39 is 5.97 Å². The maximum atomic E-state index is 11.0. The molecule has 0 spiro atoms. The van der Waals surface area contributed by atoms with Crippen molar-refractivity contribution in [3.63, 3.8) is 0 Å². The molecule has 0 aromatic carbocycles. The van der Waals surface area contributed by atoms with Gasteiger partial charge in [0.15, 0.2) is 0 Å². The third kappa shape index (κ3) is 2.41. The van der Waals surface area contributed by atoms with Crippen molar-refractivity contribution < 1.29 is 14.6 Å². The predicted octanol–water partition coefficient (Wildman–Crippen LogP) is 0.230. The zero-order valence-electron chi connectivity index (χ0n) is 7.15. The molecule has 0 unspecified atom stereocenters. The number of hydrogen-bond acceptors (Lipinski definition) is 5. The van der Waals surface area contributed by atoms with Gasteiger partial charge in [0.05, 0.1) is 7.11 Å². The molecule has 0 atom stereocenters. The minimum absolute atomic E-state index is 0.190. The van der Waals surface area contributed by atoms with Crippen LogP contribution in [0.2, 0.25) is 0 Å². The fourth-order valence-corrected chi connectivity index (χ4v) is 0.848. The number of aliphatic hydroxyl groups excluding tert-OH is 1. The summed E-state index contributed by atoms with van der Waals surface area (Å²) in [6.45, 7) is -0.190. The Bertz CT molecular complexity index is 301. The zero-order valence-corrected chi connectivity index (χ0v) is 7.15. The molecular formula is C8H10N2O3. The number of methoxy groups -OCH3 is 1. The number of ether oxygens (including phenoxy) is 1. The van der Waals surface area contributed by atoms with Gasteiger partial charge < -0.3 is 15.2 Å². The second-order valence-corrected chi connectivity index (χ2v) is 2.26. The fraction of sp³-hybridized carbons (Fsp3) is 0.250. The number of anilines is 1. The fourth-order valence-electron chi connectivity index (χ4n) is 0.848. The molecule has 0 saturated heterocycles. The van der Waals surface area contributed by atoms with Gasteiger partial charge in [-0.15, -0.1) is 0 Å². The van der Waals surface area contributed by atoms with Gasteiger partial charge in [-0.1, -0.05) is 0 Å². The molecule has 0 aliphatic carbocycles. The lowest BCUT2D eigenvalue weighted by Crippen LogP contribution is -2.06. The highest BCUT2D eigenvalue weighted by molar-refractivity contribution is 5.88. The van der Waals surface area contributed by atoms with Gasteiger partial charge in [-0.2, -0.15) is 0 Å². The minimum Gasteiger partial charge on any atom is -0.464 e. The summed E-state index contributed by atoms with van der Waals surface area (Å²) >= 11 is 0. The third-order valence-corrected chi connectivity index (χ3v) is 1.44. The molecule has 1 heterocycles. The molecule has 0 aliphatic rings. The van der Waals surface area contributed by atoms with Crippen molar-refractivity contribution in [1.29, 1.82) is 0 Å². The lowest BCUT2D eigenvalue weighted by atomic mass is 10.3. The van der Waals surface area contributed by atoms with E-state index in [1.807, 2.05) is 0 Å². The van der Waals surface area contributed by atoms with Crippen molar-refractivity contribution in [2.45, 2.75) is 0 Å². The molecule has 0 aliphatic heterocycles. The van der Waals surface area contributed by atoms with Gasteiger partial charge in [0, 0.05) is 11.9 Å². The highest BCUT2D eigenvalue weighted by atomic mass is 16.5. The highest BCUT2D eigenvalue weighted by Gasteiger charge is 2.06. The summed E-state index contributed by atoms with van der Waals surface area (Å²) in [5.41, 5.74) is 0.832. The van der Waals surface area contributed by atoms with Gasteiger partial charge in [0.1, 0.15) is 12.4 Å². The van der Waals surface area contributed by atoms with Crippen LogP contribution in [0.3, 0.4) is 0 Å². The van der Waals surface area contributed by atoms with Gasteiger partial charge in [-0.25, -0.2) is 9.78 Å². The molecule has 1 aromatic heterocycles. The molecular weight excluding hydrogens is 172 g/mol. The van der Waals surface area contributed by atoms with Gasteiger partial charge in [-0.05, 0) is 12.1 Å². The van der Waals surface area contributed by atoms with E-state index in [9.17, 15) is 4.79 Å². The summed E-state index contributed by atoms with van der Waals surface area (Å²) in [7, 11) is 1.29. The van der Waals surface area contributed by atoms with Crippen LogP contribution in [-0.2, 0) is 4.74 Å². The summed E-state index contributed by atoms with van der Waals surface area (Å²) < 4.78 is 4.48. The third-order valence-electron chi connectivity index (χ3n) is 1.44. The van der Waals surface area contributed by atoms with E-state index in [1.165, 1.54) is 19.4 Å². The first kappa shape index (κ1) is 9.47. The summed E-state index contributed by atoms with van der Waals surface area (Å²) in [5.74, 6) is -0.499. The van der Waals surface area contributed by atoms with Crippen LogP contribution in [-0.4, -0.2) is 29.9 Å². The lowest BCUT2D eigenvalue weighted by molar-refractivity contribution is 0.0594. The normalized spacial score (nSPS) is 9.38. The molecule has 1 rings (SSSR count). The predicted molar refractivity (Wildman–Crippen MR) is 46.3 cm³/mol. The lowest BCUT2D eigenvalue weighted by Gasteiger charge is -2.03. The number of aliphatic hydroxyl groups is 1. The first-order valence-electron chi connectivity index (χ1n) is 3.67. The smallest absolute Gasteiger partial charge is 0.356 e. The van der Waals surface area contributed by atoms with E-state index in [1.54, 1.807) is 6.07 Å².